The SMILES string of the molecule is CCOc1cc(C(=O)Nc2ccc3c(c2)NC(=O)C(C)O3)ccc1OCc1cccnc1. The Hall–Kier alpha value is -4.07. The van der Waals surface area contributed by atoms with Crippen molar-refractivity contribution in [1.82, 2.24) is 4.98 Å². The van der Waals surface area contributed by atoms with Gasteiger partial charge in [0, 0.05) is 29.2 Å². The van der Waals surface area contributed by atoms with Crippen LogP contribution in [-0.4, -0.2) is 29.5 Å². The predicted octanol–water partition coefficient (Wildman–Crippen LogP) is 4.03. The Balaban J connectivity index is 1.48. The molecule has 0 spiro atoms. The monoisotopic (exact) mass is 433 g/mol. The van der Waals surface area contributed by atoms with Crippen molar-refractivity contribution in [2.75, 3.05) is 17.2 Å². The molecule has 2 aromatic carbocycles. The number of anilines is 2. The van der Waals surface area contributed by atoms with Gasteiger partial charge in [0.05, 0.1) is 12.3 Å². The quantitative estimate of drug-likeness (QED) is 0.584. The summed E-state index contributed by atoms with van der Waals surface area (Å²) in [5.74, 6) is 1.02. The smallest absolute Gasteiger partial charge is 0.265 e. The van der Waals surface area contributed by atoms with E-state index in [1.165, 1.54) is 0 Å². The van der Waals surface area contributed by atoms with E-state index >= 15 is 0 Å². The van der Waals surface area contributed by atoms with Crippen molar-refractivity contribution in [1.29, 1.82) is 0 Å². The van der Waals surface area contributed by atoms with E-state index < -0.39 is 6.10 Å². The molecule has 2 N–H and O–H groups in total. The summed E-state index contributed by atoms with van der Waals surface area (Å²) in [4.78, 5) is 28.7. The van der Waals surface area contributed by atoms with E-state index in [9.17, 15) is 9.59 Å². The number of benzene rings is 2. The third kappa shape index (κ3) is 4.80. The summed E-state index contributed by atoms with van der Waals surface area (Å²) >= 11 is 0. The average Bonchev–Trinajstić information content (AvgIpc) is 2.80. The first-order chi connectivity index (χ1) is 15.5. The highest BCUT2D eigenvalue weighted by Gasteiger charge is 2.23. The summed E-state index contributed by atoms with van der Waals surface area (Å²) in [7, 11) is 0. The maximum absolute atomic E-state index is 12.8. The molecule has 164 valence electrons. The summed E-state index contributed by atoms with van der Waals surface area (Å²) in [6, 6.07) is 13.9. The number of aromatic nitrogens is 1. The molecule has 4 rings (SSSR count). The molecule has 0 radical (unpaired) electrons. The number of nitrogens with one attached hydrogen (secondary N) is 2. The topological polar surface area (TPSA) is 98.8 Å². The summed E-state index contributed by atoms with van der Waals surface area (Å²) in [6.07, 6.45) is 2.88. The Morgan fingerprint density at radius 3 is 2.81 bits per heavy atom. The zero-order valence-corrected chi connectivity index (χ0v) is 17.8. The maximum atomic E-state index is 12.8. The molecule has 3 aromatic rings. The minimum atomic E-state index is -0.557. The van der Waals surface area contributed by atoms with Gasteiger partial charge in [-0.2, -0.15) is 0 Å². The number of ether oxygens (including phenoxy) is 3. The second-order valence-corrected chi connectivity index (χ2v) is 7.16. The van der Waals surface area contributed by atoms with E-state index in [-0.39, 0.29) is 11.8 Å². The number of carbonyl (C=O) groups is 2. The predicted molar refractivity (Wildman–Crippen MR) is 119 cm³/mol. The average molecular weight is 433 g/mol. The number of carbonyl (C=O) groups excluding carboxylic acids is 2. The van der Waals surface area contributed by atoms with Crippen molar-refractivity contribution in [3.8, 4) is 17.2 Å². The molecule has 2 heterocycles. The van der Waals surface area contributed by atoms with E-state index in [1.54, 1.807) is 55.7 Å². The van der Waals surface area contributed by atoms with Gasteiger partial charge in [0.2, 0.25) is 0 Å². The van der Waals surface area contributed by atoms with Crippen LogP contribution in [0.25, 0.3) is 0 Å². The Morgan fingerprint density at radius 1 is 1.16 bits per heavy atom. The molecule has 1 aromatic heterocycles. The van der Waals surface area contributed by atoms with Gasteiger partial charge in [-0.3, -0.25) is 14.6 Å². The molecule has 1 aliphatic rings. The summed E-state index contributed by atoms with van der Waals surface area (Å²) in [5.41, 5.74) is 2.38. The van der Waals surface area contributed by atoms with Crippen LogP contribution >= 0.6 is 0 Å². The Labute approximate surface area is 185 Å². The fourth-order valence-electron chi connectivity index (χ4n) is 3.17. The van der Waals surface area contributed by atoms with Crippen molar-refractivity contribution < 1.29 is 23.8 Å². The number of hydrogen-bond donors (Lipinski definition) is 2. The zero-order chi connectivity index (χ0) is 22.5. The van der Waals surface area contributed by atoms with E-state index in [1.807, 2.05) is 19.1 Å². The molecule has 1 unspecified atom stereocenters. The highest BCUT2D eigenvalue weighted by molar-refractivity contribution is 6.05. The van der Waals surface area contributed by atoms with Crippen LogP contribution in [0.1, 0.15) is 29.8 Å². The molecule has 0 saturated heterocycles. The van der Waals surface area contributed by atoms with Gasteiger partial charge in [0.15, 0.2) is 17.6 Å². The van der Waals surface area contributed by atoms with E-state index in [4.69, 9.17) is 14.2 Å². The number of fused-ring (bicyclic) bond motifs is 1. The van der Waals surface area contributed by atoms with Crippen LogP contribution in [-0.2, 0) is 11.4 Å². The molecule has 1 atom stereocenters. The van der Waals surface area contributed by atoms with Crippen LogP contribution in [0.4, 0.5) is 11.4 Å². The van der Waals surface area contributed by atoms with Gasteiger partial charge in [-0.25, -0.2) is 0 Å². The highest BCUT2D eigenvalue weighted by atomic mass is 16.5. The molecule has 0 aliphatic carbocycles. The van der Waals surface area contributed by atoms with Crippen molar-refractivity contribution in [3.63, 3.8) is 0 Å². The summed E-state index contributed by atoms with van der Waals surface area (Å²) in [6.45, 7) is 4.30. The summed E-state index contributed by atoms with van der Waals surface area (Å²) in [5, 5.41) is 5.60. The van der Waals surface area contributed by atoms with E-state index in [2.05, 4.69) is 15.6 Å². The molecule has 2 amide bonds. The number of hydrogen-bond acceptors (Lipinski definition) is 6. The van der Waals surface area contributed by atoms with Crippen molar-refractivity contribution >= 4 is 23.2 Å². The Bertz CT molecular complexity index is 1130. The lowest BCUT2D eigenvalue weighted by molar-refractivity contribution is -0.122. The number of rotatable bonds is 7. The zero-order valence-electron chi connectivity index (χ0n) is 17.8. The molecule has 8 heteroatoms. The fraction of sp³-hybridized carbons (Fsp3) is 0.208. The second-order valence-electron chi connectivity index (χ2n) is 7.16. The molecule has 0 fully saturated rings. The van der Waals surface area contributed by atoms with Gasteiger partial charge in [0.25, 0.3) is 11.8 Å². The first-order valence-electron chi connectivity index (χ1n) is 10.2. The molecule has 1 aliphatic heterocycles. The van der Waals surface area contributed by atoms with Crippen LogP contribution in [0.3, 0.4) is 0 Å². The van der Waals surface area contributed by atoms with Crippen LogP contribution in [0.15, 0.2) is 60.9 Å². The lowest BCUT2D eigenvalue weighted by atomic mass is 10.1. The van der Waals surface area contributed by atoms with Gasteiger partial charge in [0.1, 0.15) is 12.4 Å². The molecular formula is C24H23N3O5. The van der Waals surface area contributed by atoms with E-state index in [0.717, 1.165) is 5.56 Å². The fourth-order valence-corrected chi connectivity index (χ4v) is 3.17. The lowest BCUT2D eigenvalue weighted by Gasteiger charge is -2.23. The maximum Gasteiger partial charge on any atom is 0.265 e. The van der Waals surface area contributed by atoms with E-state index in [0.29, 0.717) is 47.4 Å². The second kappa shape index (κ2) is 9.38. The van der Waals surface area contributed by atoms with Gasteiger partial charge < -0.3 is 24.8 Å². The van der Waals surface area contributed by atoms with Gasteiger partial charge in [-0.05, 0) is 56.3 Å². The standard InChI is InChI=1S/C24H23N3O5/c1-3-30-22-11-17(6-8-21(22)31-14-16-5-4-10-25-13-16)24(29)26-18-7-9-20-19(12-18)27-23(28)15(2)32-20/h4-13,15H,3,14H2,1-2H3,(H,26,29)(H,27,28). The minimum absolute atomic E-state index is 0.232. The van der Waals surface area contributed by atoms with Gasteiger partial charge in [-0.1, -0.05) is 6.07 Å². The molecule has 8 nitrogen and oxygen atoms in total. The third-order valence-corrected chi connectivity index (χ3v) is 4.79. The lowest BCUT2D eigenvalue weighted by Crippen LogP contribution is -2.34. The van der Waals surface area contributed by atoms with Crippen LogP contribution < -0.4 is 24.8 Å². The van der Waals surface area contributed by atoms with Crippen molar-refractivity contribution in [3.05, 3.63) is 72.1 Å². The van der Waals surface area contributed by atoms with Gasteiger partial charge in [-0.15, -0.1) is 0 Å². The largest absolute Gasteiger partial charge is 0.490 e. The molecule has 0 bridgehead atoms. The van der Waals surface area contributed by atoms with Gasteiger partial charge >= 0.3 is 0 Å². The first kappa shape index (κ1) is 21.2. The van der Waals surface area contributed by atoms with Crippen LogP contribution in [0.5, 0.6) is 17.2 Å². The normalized spacial score (nSPS) is 14.6. The van der Waals surface area contributed by atoms with Crippen molar-refractivity contribution in [2.45, 2.75) is 26.6 Å². The molecule has 0 saturated carbocycles. The number of amides is 2. The molecule has 32 heavy (non-hydrogen) atoms. The van der Waals surface area contributed by atoms with Crippen LogP contribution in [0, 0.1) is 0 Å². The van der Waals surface area contributed by atoms with Crippen molar-refractivity contribution in [2.24, 2.45) is 0 Å². The Kier molecular flexibility index (Phi) is 6.21. The number of pyridine rings is 1. The highest BCUT2D eigenvalue weighted by Crippen LogP contribution is 2.33. The van der Waals surface area contributed by atoms with Crippen LogP contribution in [0.2, 0.25) is 0 Å². The number of nitrogens with zero attached hydrogens (tertiary/aromatic N) is 1. The Morgan fingerprint density at radius 2 is 2.03 bits per heavy atom. The molecular weight excluding hydrogens is 410 g/mol. The first-order valence-corrected chi connectivity index (χ1v) is 10.2. The summed E-state index contributed by atoms with van der Waals surface area (Å²) < 4.78 is 17.1. The minimum Gasteiger partial charge on any atom is -0.490 e. The third-order valence-electron chi connectivity index (χ3n) is 4.79.